The number of hydrogen-bond donors (Lipinski definition) is 0. The van der Waals surface area contributed by atoms with Gasteiger partial charge in [-0.3, -0.25) is 4.79 Å². The second kappa shape index (κ2) is 5.07. The molecule has 1 heterocycles. The average Bonchev–Trinajstić information content (AvgIpc) is 2.75. The SMILES string of the molecule is CCc1ccc(C(=O)C2CC(C)CC(C)C2)o1. The molecule has 1 aromatic rings. The van der Waals surface area contributed by atoms with Crippen molar-refractivity contribution in [2.45, 2.75) is 46.5 Å². The number of rotatable bonds is 3. The molecule has 0 saturated heterocycles. The average molecular weight is 234 g/mol. The van der Waals surface area contributed by atoms with E-state index >= 15 is 0 Å². The van der Waals surface area contributed by atoms with Crippen LogP contribution in [-0.2, 0) is 6.42 Å². The molecule has 0 radical (unpaired) electrons. The Morgan fingerprint density at radius 1 is 1.24 bits per heavy atom. The Balaban J connectivity index is 2.08. The maximum Gasteiger partial charge on any atom is 0.201 e. The Bertz CT molecular complexity index is 381. The number of carbonyl (C=O) groups is 1. The molecule has 0 aliphatic heterocycles. The molecule has 0 amide bonds. The number of carbonyl (C=O) groups excluding carboxylic acids is 1. The third-order valence-electron chi connectivity index (χ3n) is 3.80. The lowest BCUT2D eigenvalue weighted by atomic mass is 9.75. The van der Waals surface area contributed by atoms with Gasteiger partial charge in [-0.1, -0.05) is 20.8 Å². The van der Waals surface area contributed by atoms with Gasteiger partial charge in [0.25, 0.3) is 0 Å². The molecule has 1 fully saturated rings. The normalized spacial score (nSPS) is 29.2. The first-order valence-corrected chi connectivity index (χ1v) is 6.73. The fourth-order valence-electron chi connectivity index (χ4n) is 3.06. The van der Waals surface area contributed by atoms with Crippen molar-refractivity contribution in [3.05, 3.63) is 23.7 Å². The summed E-state index contributed by atoms with van der Waals surface area (Å²) in [5.74, 6) is 3.17. The minimum atomic E-state index is 0.171. The summed E-state index contributed by atoms with van der Waals surface area (Å²) in [7, 11) is 0. The molecule has 2 rings (SSSR count). The highest BCUT2D eigenvalue weighted by molar-refractivity contribution is 5.95. The Kier molecular flexibility index (Phi) is 3.70. The standard InChI is InChI=1S/C15H22O2/c1-4-13-5-6-14(17-13)15(16)12-8-10(2)7-11(3)9-12/h5-6,10-12H,4,7-9H2,1-3H3. The van der Waals surface area contributed by atoms with Crippen molar-refractivity contribution in [1.29, 1.82) is 0 Å². The van der Waals surface area contributed by atoms with Gasteiger partial charge >= 0.3 is 0 Å². The molecular weight excluding hydrogens is 212 g/mol. The fraction of sp³-hybridized carbons (Fsp3) is 0.667. The number of aryl methyl sites for hydroxylation is 1. The van der Waals surface area contributed by atoms with Crippen LogP contribution in [0.3, 0.4) is 0 Å². The molecule has 1 saturated carbocycles. The summed E-state index contributed by atoms with van der Waals surface area (Å²) < 4.78 is 5.57. The van der Waals surface area contributed by atoms with Crippen molar-refractivity contribution in [2.75, 3.05) is 0 Å². The van der Waals surface area contributed by atoms with Gasteiger partial charge in [-0.25, -0.2) is 0 Å². The zero-order valence-electron chi connectivity index (χ0n) is 11.0. The Hall–Kier alpha value is -1.05. The lowest BCUT2D eigenvalue weighted by molar-refractivity contribution is 0.0805. The lowest BCUT2D eigenvalue weighted by Crippen LogP contribution is -2.25. The first-order chi connectivity index (χ1) is 8.10. The van der Waals surface area contributed by atoms with Gasteiger partial charge in [-0.05, 0) is 43.2 Å². The second-order valence-electron chi connectivity index (χ2n) is 5.60. The molecule has 1 aliphatic carbocycles. The quantitative estimate of drug-likeness (QED) is 0.737. The number of Topliss-reactive ketones (excluding diaryl/α,β-unsaturated/α-hetero) is 1. The Labute approximate surface area is 103 Å². The van der Waals surface area contributed by atoms with Gasteiger partial charge < -0.3 is 4.42 Å². The van der Waals surface area contributed by atoms with Gasteiger partial charge in [0.1, 0.15) is 5.76 Å². The van der Waals surface area contributed by atoms with E-state index in [2.05, 4.69) is 13.8 Å². The van der Waals surface area contributed by atoms with Gasteiger partial charge in [-0.15, -0.1) is 0 Å². The summed E-state index contributed by atoms with van der Waals surface area (Å²) in [5, 5.41) is 0. The summed E-state index contributed by atoms with van der Waals surface area (Å²) in [6, 6.07) is 3.76. The predicted octanol–water partition coefficient (Wildman–Crippen LogP) is 4.10. The van der Waals surface area contributed by atoms with E-state index in [1.807, 2.05) is 19.1 Å². The highest BCUT2D eigenvalue weighted by Crippen LogP contribution is 2.34. The molecule has 0 spiro atoms. The summed E-state index contributed by atoms with van der Waals surface area (Å²) in [4.78, 5) is 12.3. The molecule has 2 heteroatoms. The summed E-state index contributed by atoms with van der Waals surface area (Å²) >= 11 is 0. The first-order valence-electron chi connectivity index (χ1n) is 6.73. The molecule has 2 nitrogen and oxygen atoms in total. The van der Waals surface area contributed by atoms with Crippen molar-refractivity contribution < 1.29 is 9.21 Å². The highest BCUT2D eigenvalue weighted by atomic mass is 16.3. The number of ketones is 1. The van der Waals surface area contributed by atoms with Crippen LogP contribution in [0.2, 0.25) is 0 Å². The highest BCUT2D eigenvalue weighted by Gasteiger charge is 2.30. The monoisotopic (exact) mass is 234 g/mol. The molecule has 1 aromatic heterocycles. The summed E-state index contributed by atoms with van der Waals surface area (Å²) in [6.07, 6.45) is 4.14. The van der Waals surface area contributed by atoms with Gasteiger partial charge in [-0.2, -0.15) is 0 Å². The molecule has 0 bridgehead atoms. The minimum Gasteiger partial charge on any atom is -0.458 e. The van der Waals surface area contributed by atoms with Crippen LogP contribution in [-0.4, -0.2) is 5.78 Å². The van der Waals surface area contributed by atoms with Gasteiger partial charge in [0.2, 0.25) is 5.78 Å². The fourth-order valence-corrected chi connectivity index (χ4v) is 3.06. The van der Waals surface area contributed by atoms with E-state index in [0.29, 0.717) is 17.6 Å². The molecular formula is C15H22O2. The molecule has 0 aromatic carbocycles. The lowest BCUT2D eigenvalue weighted by Gasteiger charge is -2.29. The van der Waals surface area contributed by atoms with Crippen molar-refractivity contribution in [3.63, 3.8) is 0 Å². The van der Waals surface area contributed by atoms with Crippen LogP contribution in [0.4, 0.5) is 0 Å². The van der Waals surface area contributed by atoms with Gasteiger partial charge in [0, 0.05) is 12.3 Å². The molecule has 17 heavy (non-hydrogen) atoms. The van der Waals surface area contributed by atoms with Crippen molar-refractivity contribution in [2.24, 2.45) is 17.8 Å². The predicted molar refractivity (Wildman–Crippen MR) is 68.1 cm³/mol. The minimum absolute atomic E-state index is 0.171. The smallest absolute Gasteiger partial charge is 0.201 e. The molecule has 2 unspecified atom stereocenters. The summed E-state index contributed by atoms with van der Waals surface area (Å²) in [5.41, 5.74) is 0. The molecule has 94 valence electrons. The first kappa shape index (κ1) is 12.4. The van der Waals surface area contributed by atoms with Gasteiger partial charge in [0.15, 0.2) is 5.76 Å². The molecule has 1 aliphatic rings. The van der Waals surface area contributed by atoms with E-state index in [1.165, 1.54) is 6.42 Å². The zero-order chi connectivity index (χ0) is 12.4. The largest absolute Gasteiger partial charge is 0.458 e. The van der Waals surface area contributed by atoms with Gasteiger partial charge in [0.05, 0.1) is 0 Å². The van der Waals surface area contributed by atoms with Crippen LogP contribution in [0.15, 0.2) is 16.5 Å². The Morgan fingerprint density at radius 2 is 1.88 bits per heavy atom. The van der Waals surface area contributed by atoms with E-state index in [9.17, 15) is 4.79 Å². The van der Waals surface area contributed by atoms with E-state index in [4.69, 9.17) is 4.42 Å². The van der Waals surface area contributed by atoms with Crippen LogP contribution in [0.1, 0.15) is 56.3 Å². The van der Waals surface area contributed by atoms with E-state index < -0.39 is 0 Å². The van der Waals surface area contributed by atoms with Crippen molar-refractivity contribution >= 4 is 5.78 Å². The molecule has 0 N–H and O–H groups in total. The number of hydrogen-bond acceptors (Lipinski definition) is 2. The van der Waals surface area contributed by atoms with Crippen LogP contribution in [0, 0.1) is 17.8 Å². The number of furan rings is 1. The van der Waals surface area contributed by atoms with Crippen LogP contribution < -0.4 is 0 Å². The molecule has 2 atom stereocenters. The van der Waals surface area contributed by atoms with Crippen LogP contribution in [0.5, 0.6) is 0 Å². The van der Waals surface area contributed by atoms with E-state index in [0.717, 1.165) is 25.0 Å². The van der Waals surface area contributed by atoms with Crippen molar-refractivity contribution in [1.82, 2.24) is 0 Å². The van der Waals surface area contributed by atoms with Crippen LogP contribution >= 0.6 is 0 Å². The third-order valence-corrected chi connectivity index (χ3v) is 3.80. The second-order valence-corrected chi connectivity index (χ2v) is 5.60. The van der Waals surface area contributed by atoms with E-state index in [1.54, 1.807) is 0 Å². The topological polar surface area (TPSA) is 30.2 Å². The van der Waals surface area contributed by atoms with E-state index in [-0.39, 0.29) is 11.7 Å². The maximum absolute atomic E-state index is 12.3. The Morgan fingerprint density at radius 3 is 2.41 bits per heavy atom. The zero-order valence-corrected chi connectivity index (χ0v) is 11.0. The maximum atomic E-state index is 12.3. The van der Waals surface area contributed by atoms with Crippen LogP contribution in [0.25, 0.3) is 0 Å². The third kappa shape index (κ3) is 2.80. The van der Waals surface area contributed by atoms with Crippen molar-refractivity contribution in [3.8, 4) is 0 Å². The summed E-state index contributed by atoms with van der Waals surface area (Å²) in [6.45, 7) is 6.53.